The second-order valence-electron chi connectivity index (χ2n) is 4.11. The van der Waals surface area contributed by atoms with E-state index >= 15 is 0 Å². The van der Waals surface area contributed by atoms with Gasteiger partial charge in [0.05, 0.1) is 6.20 Å². The average molecular weight is 231 g/mol. The van der Waals surface area contributed by atoms with Crippen LogP contribution >= 0.6 is 0 Å². The summed E-state index contributed by atoms with van der Waals surface area (Å²) in [6, 6.07) is 3.99. The maximum absolute atomic E-state index is 5.98. The molecular weight excluding hydrogens is 218 g/mol. The number of nitrogen functional groups attached to an aromatic ring is 1. The minimum atomic E-state index is 0.256. The van der Waals surface area contributed by atoms with E-state index < -0.39 is 0 Å². The van der Waals surface area contributed by atoms with Crippen molar-refractivity contribution in [3.63, 3.8) is 0 Å². The van der Waals surface area contributed by atoms with Gasteiger partial charge in [-0.15, -0.1) is 0 Å². The summed E-state index contributed by atoms with van der Waals surface area (Å²) in [6.45, 7) is 2.27. The first kappa shape index (κ1) is 10.0. The Balaban J connectivity index is 2.24. The maximum atomic E-state index is 5.98. The molecule has 1 aliphatic rings. The molecule has 5 nitrogen and oxygen atoms in total. The van der Waals surface area contributed by atoms with Crippen LogP contribution in [-0.4, -0.2) is 16.6 Å². The molecule has 1 aromatic heterocycles. The molecule has 0 saturated carbocycles. The number of hydrogen-bond acceptors (Lipinski definition) is 4. The Kier molecular flexibility index (Phi) is 2.01. The van der Waals surface area contributed by atoms with E-state index in [-0.39, 0.29) is 6.79 Å². The summed E-state index contributed by atoms with van der Waals surface area (Å²) in [7, 11) is 1.81. The molecule has 2 N–H and O–H groups in total. The van der Waals surface area contributed by atoms with Gasteiger partial charge < -0.3 is 15.2 Å². The molecule has 0 atom stereocenters. The lowest BCUT2D eigenvalue weighted by Gasteiger charge is -2.06. The summed E-state index contributed by atoms with van der Waals surface area (Å²) in [5.41, 5.74) is 8.89. The van der Waals surface area contributed by atoms with Crippen LogP contribution in [0.2, 0.25) is 0 Å². The van der Waals surface area contributed by atoms with Gasteiger partial charge in [-0.1, -0.05) is 0 Å². The molecule has 1 aliphatic heterocycles. The normalized spacial score (nSPS) is 13.1. The summed E-state index contributed by atoms with van der Waals surface area (Å²) < 4.78 is 12.5. The molecule has 0 saturated heterocycles. The first-order valence-electron chi connectivity index (χ1n) is 5.35. The van der Waals surface area contributed by atoms with Gasteiger partial charge in [0.1, 0.15) is 5.82 Å². The van der Waals surface area contributed by atoms with E-state index in [0.717, 1.165) is 28.2 Å². The molecule has 2 aromatic rings. The Bertz CT molecular complexity index is 590. The number of rotatable bonds is 1. The molecule has 0 radical (unpaired) electrons. The number of aryl methyl sites for hydroxylation is 2. The Morgan fingerprint density at radius 3 is 2.82 bits per heavy atom. The molecule has 0 aliphatic carbocycles. The summed E-state index contributed by atoms with van der Waals surface area (Å²) in [5.74, 6) is 2.13. The van der Waals surface area contributed by atoms with Gasteiger partial charge in [0, 0.05) is 18.2 Å². The third kappa shape index (κ3) is 1.43. The molecule has 2 heterocycles. The summed E-state index contributed by atoms with van der Waals surface area (Å²) in [6.07, 6.45) is 1.74. The molecule has 3 rings (SSSR count). The summed E-state index contributed by atoms with van der Waals surface area (Å²) in [4.78, 5) is 0. The van der Waals surface area contributed by atoms with Gasteiger partial charge in [0.2, 0.25) is 6.79 Å². The number of ether oxygens (including phenoxy) is 2. The first-order chi connectivity index (χ1) is 8.16. The number of nitrogens with two attached hydrogens (primary N) is 1. The fraction of sp³-hybridized carbons (Fsp3) is 0.250. The third-order valence-electron chi connectivity index (χ3n) is 2.89. The SMILES string of the molecule is Cc1cc2c(c(-c3cnn(C)c3N)c1)OCO2. The number of aromatic nitrogens is 2. The third-order valence-corrected chi connectivity index (χ3v) is 2.89. The summed E-state index contributed by atoms with van der Waals surface area (Å²) in [5, 5.41) is 4.14. The molecule has 1 aromatic carbocycles. The zero-order valence-electron chi connectivity index (χ0n) is 9.73. The molecule has 0 bridgehead atoms. The van der Waals surface area contributed by atoms with Crippen LogP contribution in [0.3, 0.4) is 0 Å². The van der Waals surface area contributed by atoms with Crippen molar-refractivity contribution < 1.29 is 9.47 Å². The van der Waals surface area contributed by atoms with E-state index in [2.05, 4.69) is 5.10 Å². The number of anilines is 1. The lowest BCUT2D eigenvalue weighted by atomic mass is 10.0. The van der Waals surface area contributed by atoms with Crippen LogP contribution in [-0.2, 0) is 7.05 Å². The molecule has 0 unspecified atom stereocenters. The number of benzene rings is 1. The van der Waals surface area contributed by atoms with Crippen molar-refractivity contribution >= 4 is 5.82 Å². The predicted octanol–water partition coefficient (Wildman–Crippen LogP) is 1.71. The van der Waals surface area contributed by atoms with Crippen LogP contribution in [0.15, 0.2) is 18.3 Å². The second-order valence-corrected chi connectivity index (χ2v) is 4.11. The fourth-order valence-electron chi connectivity index (χ4n) is 2.00. The Morgan fingerprint density at radius 1 is 1.29 bits per heavy atom. The van der Waals surface area contributed by atoms with Gasteiger partial charge in [-0.3, -0.25) is 4.68 Å². The van der Waals surface area contributed by atoms with Crippen LogP contribution in [0, 0.1) is 6.92 Å². The molecule has 0 fully saturated rings. The minimum absolute atomic E-state index is 0.256. The van der Waals surface area contributed by atoms with Gasteiger partial charge in [-0.05, 0) is 24.6 Å². The highest BCUT2D eigenvalue weighted by atomic mass is 16.7. The maximum Gasteiger partial charge on any atom is 0.231 e. The highest BCUT2D eigenvalue weighted by Gasteiger charge is 2.21. The average Bonchev–Trinajstić information content (AvgIpc) is 2.87. The van der Waals surface area contributed by atoms with Crippen molar-refractivity contribution in [3.05, 3.63) is 23.9 Å². The van der Waals surface area contributed by atoms with Crippen molar-refractivity contribution in [1.82, 2.24) is 9.78 Å². The molecule has 17 heavy (non-hydrogen) atoms. The predicted molar refractivity (Wildman–Crippen MR) is 63.9 cm³/mol. The molecule has 88 valence electrons. The quantitative estimate of drug-likeness (QED) is 0.811. The van der Waals surface area contributed by atoms with Crippen LogP contribution in [0.25, 0.3) is 11.1 Å². The lowest BCUT2D eigenvalue weighted by molar-refractivity contribution is 0.174. The minimum Gasteiger partial charge on any atom is -0.454 e. The molecule has 5 heteroatoms. The van der Waals surface area contributed by atoms with Crippen LogP contribution < -0.4 is 15.2 Å². The van der Waals surface area contributed by atoms with Gasteiger partial charge in [0.15, 0.2) is 11.5 Å². The van der Waals surface area contributed by atoms with Crippen molar-refractivity contribution in [3.8, 4) is 22.6 Å². The molecule has 0 spiro atoms. The zero-order chi connectivity index (χ0) is 12.0. The smallest absolute Gasteiger partial charge is 0.231 e. The first-order valence-corrected chi connectivity index (χ1v) is 5.35. The van der Waals surface area contributed by atoms with Gasteiger partial charge in [-0.25, -0.2) is 0 Å². The monoisotopic (exact) mass is 231 g/mol. The van der Waals surface area contributed by atoms with Crippen molar-refractivity contribution in [2.24, 2.45) is 7.05 Å². The van der Waals surface area contributed by atoms with Gasteiger partial charge in [0.25, 0.3) is 0 Å². The van der Waals surface area contributed by atoms with Crippen molar-refractivity contribution in [2.75, 3.05) is 12.5 Å². The summed E-state index contributed by atoms with van der Waals surface area (Å²) >= 11 is 0. The number of fused-ring (bicyclic) bond motifs is 1. The Hall–Kier alpha value is -2.17. The van der Waals surface area contributed by atoms with E-state index in [1.165, 1.54) is 0 Å². The number of nitrogens with zero attached hydrogens (tertiary/aromatic N) is 2. The second kappa shape index (κ2) is 3.41. The van der Waals surface area contributed by atoms with E-state index in [4.69, 9.17) is 15.2 Å². The van der Waals surface area contributed by atoms with Crippen LogP contribution in [0.1, 0.15) is 5.56 Å². The standard InChI is InChI=1S/C12H13N3O2/c1-7-3-8(9-5-14-15(2)12(9)13)11-10(4-7)16-6-17-11/h3-5H,6,13H2,1-2H3. The van der Waals surface area contributed by atoms with E-state index in [0.29, 0.717) is 5.82 Å². The zero-order valence-corrected chi connectivity index (χ0v) is 9.73. The van der Waals surface area contributed by atoms with E-state index in [9.17, 15) is 0 Å². The number of hydrogen-bond donors (Lipinski definition) is 1. The molecular formula is C12H13N3O2. The highest BCUT2D eigenvalue weighted by molar-refractivity contribution is 5.81. The highest BCUT2D eigenvalue weighted by Crippen LogP contribution is 2.43. The fourth-order valence-corrected chi connectivity index (χ4v) is 2.00. The van der Waals surface area contributed by atoms with E-state index in [1.807, 2.05) is 26.1 Å². The lowest BCUT2D eigenvalue weighted by Crippen LogP contribution is -1.98. The van der Waals surface area contributed by atoms with Crippen LogP contribution in [0.5, 0.6) is 11.5 Å². The van der Waals surface area contributed by atoms with Gasteiger partial charge in [-0.2, -0.15) is 5.10 Å². The Labute approximate surface area is 98.8 Å². The van der Waals surface area contributed by atoms with Crippen molar-refractivity contribution in [1.29, 1.82) is 0 Å². The topological polar surface area (TPSA) is 62.3 Å². The Morgan fingerprint density at radius 2 is 2.12 bits per heavy atom. The van der Waals surface area contributed by atoms with E-state index in [1.54, 1.807) is 10.9 Å². The van der Waals surface area contributed by atoms with Gasteiger partial charge >= 0.3 is 0 Å². The van der Waals surface area contributed by atoms with Crippen molar-refractivity contribution in [2.45, 2.75) is 6.92 Å². The molecule has 0 amide bonds. The largest absolute Gasteiger partial charge is 0.454 e. The van der Waals surface area contributed by atoms with Crippen LogP contribution in [0.4, 0.5) is 5.82 Å².